The Bertz CT molecular complexity index is 1210. The Morgan fingerprint density at radius 3 is 2.50 bits per heavy atom. The average molecular weight is 436 g/mol. The number of anilines is 1. The molecule has 4 aromatic rings. The Morgan fingerprint density at radius 1 is 1.07 bits per heavy atom. The number of thiazole rings is 1. The fourth-order valence-corrected chi connectivity index (χ4v) is 4.93. The molecular weight excluding hydrogens is 414 g/mol. The molecule has 0 unspecified atom stereocenters. The van der Waals surface area contributed by atoms with E-state index in [1.165, 1.54) is 0 Å². The molecule has 1 N–H and O–H groups in total. The molecule has 0 radical (unpaired) electrons. The summed E-state index contributed by atoms with van der Waals surface area (Å²) in [6.07, 6.45) is 1.57. The number of aryl methyl sites for hydroxylation is 4. The number of hydrogen-bond acceptors (Lipinski definition) is 6. The van der Waals surface area contributed by atoms with E-state index in [0.717, 1.165) is 37.6 Å². The fraction of sp³-hybridized carbons (Fsp3) is 0.182. The van der Waals surface area contributed by atoms with E-state index in [9.17, 15) is 4.79 Å². The maximum atomic E-state index is 12.7. The van der Waals surface area contributed by atoms with Gasteiger partial charge in [-0.15, -0.1) is 11.3 Å². The van der Waals surface area contributed by atoms with Crippen molar-refractivity contribution in [1.82, 2.24) is 19.7 Å². The summed E-state index contributed by atoms with van der Waals surface area (Å²) < 4.78 is 2.78. The molecule has 0 atom stereocenters. The topological polar surface area (TPSA) is 72.7 Å². The number of amides is 1. The highest BCUT2D eigenvalue weighted by molar-refractivity contribution is 8.01. The van der Waals surface area contributed by atoms with Crippen molar-refractivity contribution < 1.29 is 4.79 Å². The van der Waals surface area contributed by atoms with Crippen molar-refractivity contribution in [3.05, 3.63) is 76.2 Å². The summed E-state index contributed by atoms with van der Waals surface area (Å²) in [6, 6.07) is 11.5. The molecule has 0 spiro atoms. The lowest BCUT2D eigenvalue weighted by molar-refractivity contribution is 0.102. The number of nitrogens with zero attached hydrogens (tertiary/aromatic N) is 4. The molecule has 0 aliphatic rings. The minimum Gasteiger partial charge on any atom is -0.322 e. The third-order valence-corrected chi connectivity index (χ3v) is 6.53. The van der Waals surface area contributed by atoms with Gasteiger partial charge >= 0.3 is 0 Å². The van der Waals surface area contributed by atoms with Crippen molar-refractivity contribution in [2.45, 2.75) is 36.9 Å². The average Bonchev–Trinajstić information content (AvgIpc) is 3.28. The monoisotopic (exact) mass is 435 g/mol. The number of hydrogen-bond donors (Lipinski definition) is 1. The number of carbonyl (C=O) groups is 1. The van der Waals surface area contributed by atoms with Gasteiger partial charge in [0.15, 0.2) is 10.2 Å². The first-order valence-electron chi connectivity index (χ1n) is 9.41. The first-order chi connectivity index (χ1) is 14.4. The van der Waals surface area contributed by atoms with Crippen molar-refractivity contribution >= 4 is 34.7 Å². The number of carbonyl (C=O) groups excluding carboxylic acids is 1. The van der Waals surface area contributed by atoms with Gasteiger partial charge in [0.2, 0.25) is 0 Å². The molecule has 0 saturated heterocycles. The first-order valence-corrected chi connectivity index (χ1v) is 11.1. The van der Waals surface area contributed by atoms with Gasteiger partial charge < -0.3 is 5.32 Å². The van der Waals surface area contributed by atoms with Crippen molar-refractivity contribution in [3.63, 3.8) is 0 Å². The van der Waals surface area contributed by atoms with Crippen LogP contribution in [0.1, 0.15) is 33.0 Å². The molecule has 3 aromatic heterocycles. The van der Waals surface area contributed by atoms with Gasteiger partial charge in [-0.3, -0.25) is 4.79 Å². The highest BCUT2D eigenvalue weighted by Gasteiger charge is 2.11. The van der Waals surface area contributed by atoms with E-state index in [1.807, 2.05) is 51.3 Å². The van der Waals surface area contributed by atoms with E-state index in [2.05, 4.69) is 26.4 Å². The van der Waals surface area contributed by atoms with Crippen LogP contribution in [-0.4, -0.2) is 25.7 Å². The van der Waals surface area contributed by atoms with Gasteiger partial charge in [-0.25, -0.2) is 14.6 Å². The third-order valence-electron chi connectivity index (χ3n) is 4.49. The van der Waals surface area contributed by atoms with Crippen molar-refractivity contribution in [1.29, 1.82) is 0 Å². The minimum atomic E-state index is -0.193. The Labute approximate surface area is 183 Å². The van der Waals surface area contributed by atoms with Crippen LogP contribution in [0.4, 0.5) is 5.69 Å². The zero-order valence-electron chi connectivity index (χ0n) is 17.1. The first kappa shape index (κ1) is 20.3. The van der Waals surface area contributed by atoms with Gasteiger partial charge in [0.25, 0.3) is 5.91 Å². The Kier molecular flexibility index (Phi) is 5.69. The summed E-state index contributed by atoms with van der Waals surface area (Å²) in [4.78, 5) is 22.7. The molecule has 1 aromatic carbocycles. The Morgan fingerprint density at radius 2 is 1.90 bits per heavy atom. The van der Waals surface area contributed by atoms with E-state index >= 15 is 0 Å². The smallest absolute Gasteiger partial charge is 0.257 e. The fourth-order valence-electron chi connectivity index (χ4n) is 3.02. The van der Waals surface area contributed by atoms with Crippen LogP contribution in [-0.2, 0) is 0 Å². The molecule has 3 heterocycles. The number of rotatable bonds is 5. The maximum Gasteiger partial charge on any atom is 0.257 e. The summed E-state index contributed by atoms with van der Waals surface area (Å²) in [7, 11) is 0. The van der Waals surface area contributed by atoms with Gasteiger partial charge in [-0.1, -0.05) is 11.8 Å². The van der Waals surface area contributed by atoms with E-state index in [4.69, 9.17) is 0 Å². The third kappa shape index (κ3) is 4.44. The van der Waals surface area contributed by atoms with E-state index in [1.54, 1.807) is 46.1 Å². The summed E-state index contributed by atoms with van der Waals surface area (Å²) in [5.74, 6) is 0.494. The molecule has 1 amide bonds. The van der Waals surface area contributed by atoms with Gasteiger partial charge in [0, 0.05) is 33.5 Å². The predicted molar refractivity (Wildman–Crippen MR) is 121 cm³/mol. The lowest BCUT2D eigenvalue weighted by atomic mass is 10.2. The van der Waals surface area contributed by atoms with E-state index in [0.29, 0.717) is 11.4 Å². The van der Waals surface area contributed by atoms with Crippen LogP contribution in [0, 0.1) is 27.7 Å². The van der Waals surface area contributed by atoms with Crippen molar-refractivity contribution in [2.75, 3.05) is 5.32 Å². The molecule has 0 aliphatic carbocycles. The van der Waals surface area contributed by atoms with Crippen molar-refractivity contribution in [3.8, 4) is 5.82 Å². The van der Waals surface area contributed by atoms with Crippen LogP contribution >= 0.6 is 23.1 Å². The van der Waals surface area contributed by atoms with Crippen LogP contribution in [0.3, 0.4) is 0 Å². The van der Waals surface area contributed by atoms with Crippen LogP contribution < -0.4 is 5.32 Å². The standard InChI is InChI=1S/C22H21N5OS2/c1-13-9-18(30-22-24-15(3)12-29-22)6-7-19(13)25-21(28)17-5-8-20(23-11-17)27-16(4)10-14(2)26-27/h5-12H,1-4H3,(H,25,28). The molecule has 0 aliphatic heterocycles. The van der Waals surface area contributed by atoms with E-state index in [-0.39, 0.29) is 5.91 Å². The second-order valence-corrected chi connectivity index (χ2v) is 9.21. The second kappa shape index (κ2) is 8.41. The Balaban J connectivity index is 1.46. The lowest BCUT2D eigenvalue weighted by Gasteiger charge is -2.10. The molecule has 0 bridgehead atoms. The predicted octanol–water partition coefficient (Wildman–Crippen LogP) is 5.36. The normalized spacial score (nSPS) is 10.9. The second-order valence-electron chi connectivity index (χ2n) is 7.03. The van der Waals surface area contributed by atoms with Crippen LogP contribution in [0.25, 0.3) is 5.82 Å². The number of benzene rings is 1. The number of pyridine rings is 1. The van der Waals surface area contributed by atoms with Crippen molar-refractivity contribution in [2.24, 2.45) is 0 Å². The molecule has 0 fully saturated rings. The molecular formula is C22H21N5OS2. The molecule has 30 heavy (non-hydrogen) atoms. The highest BCUT2D eigenvalue weighted by Crippen LogP contribution is 2.32. The minimum absolute atomic E-state index is 0.193. The van der Waals surface area contributed by atoms with Crippen LogP contribution in [0.5, 0.6) is 0 Å². The molecule has 152 valence electrons. The number of nitrogens with one attached hydrogen (secondary N) is 1. The molecule has 8 heteroatoms. The molecule has 0 saturated carbocycles. The summed E-state index contributed by atoms with van der Waals surface area (Å²) in [5, 5.41) is 9.43. The number of aromatic nitrogens is 4. The summed E-state index contributed by atoms with van der Waals surface area (Å²) in [6.45, 7) is 7.89. The van der Waals surface area contributed by atoms with Gasteiger partial charge in [0.05, 0.1) is 11.3 Å². The van der Waals surface area contributed by atoms with E-state index < -0.39 is 0 Å². The maximum absolute atomic E-state index is 12.7. The zero-order valence-corrected chi connectivity index (χ0v) is 18.8. The summed E-state index contributed by atoms with van der Waals surface area (Å²) >= 11 is 3.26. The highest BCUT2D eigenvalue weighted by atomic mass is 32.2. The van der Waals surface area contributed by atoms with Gasteiger partial charge in [-0.05, 0) is 69.7 Å². The molecule has 4 rings (SSSR count). The SMILES string of the molecule is Cc1csc(Sc2ccc(NC(=O)c3ccc(-n4nc(C)cc4C)nc3)c(C)c2)n1. The van der Waals surface area contributed by atoms with Crippen LogP contribution in [0.15, 0.2) is 57.2 Å². The van der Waals surface area contributed by atoms with Crippen LogP contribution in [0.2, 0.25) is 0 Å². The quantitative estimate of drug-likeness (QED) is 0.457. The Hall–Kier alpha value is -2.97. The van der Waals surface area contributed by atoms with Gasteiger partial charge in [-0.2, -0.15) is 5.10 Å². The van der Waals surface area contributed by atoms with Gasteiger partial charge in [0.1, 0.15) is 0 Å². The molecule has 6 nitrogen and oxygen atoms in total. The summed E-state index contributed by atoms with van der Waals surface area (Å²) in [5.41, 5.74) is 5.23. The largest absolute Gasteiger partial charge is 0.322 e. The lowest BCUT2D eigenvalue weighted by Crippen LogP contribution is -2.13. The zero-order chi connectivity index (χ0) is 21.3.